The van der Waals surface area contributed by atoms with Gasteiger partial charge in [-0.1, -0.05) is 18.7 Å². The van der Waals surface area contributed by atoms with E-state index in [0.29, 0.717) is 5.82 Å². The molecule has 1 rings (SSSR count). The van der Waals surface area contributed by atoms with Crippen molar-refractivity contribution in [2.75, 3.05) is 42.0 Å². The second-order valence-electron chi connectivity index (χ2n) is 4.38. The van der Waals surface area contributed by atoms with Crippen LogP contribution in [0.4, 0.5) is 0 Å². The molecular weight excluding hydrogens is 460 g/mol. The van der Waals surface area contributed by atoms with Crippen LogP contribution in [0.2, 0.25) is 5.82 Å². The van der Waals surface area contributed by atoms with Crippen LogP contribution in [0.25, 0.3) is 0 Å². The van der Waals surface area contributed by atoms with Crippen LogP contribution in [0.5, 0.6) is 0 Å². The molecule has 1 fully saturated rings. The number of methoxy groups -OCH3 is 2. The number of nitrogens with zero attached hydrogens (tertiary/aromatic N) is 1. The fourth-order valence-corrected chi connectivity index (χ4v) is 1.50. The number of rotatable bonds is 2. The maximum Gasteiger partial charge on any atom is 2.00 e. The summed E-state index contributed by atoms with van der Waals surface area (Å²) in [5, 5.41) is 0. The first kappa shape index (κ1) is 37.5. The normalized spacial score (nSPS) is 18.6. The summed E-state index contributed by atoms with van der Waals surface area (Å²) < 4.78 is 9.27. The van der Waals surface area contributed by atoms with Gasteiger partial charge in [0.25, 0.3) is 0 Å². The standard InChI is InChI=1S/C7H13BO.C3H8N.C2H6O.2CH3.V.W/c1-9-5-6-2-3-7(8)4-6;1-4(2)3;1-3-2;;;;/h6-7H,2-5H2,1H3;1H2,2-3H3;1-2H3;2*1H3;;/q;-1;;2*-1;+2;. The summed E-state index contributed by atoms with van der Waals surface area (Å²) in [4.78, 5) is 1.75. The Morgan fingerprint density at radius 2 is 1.50 bits per heavy atom. The summed E-state index contributed by atoms with van der Waals surface area (Å²) in [6, 6.07) is 0. The second kappa shape index (κ2) is 28.4. The van der Waals surface area contributed by atoms with E-state index < -0.39 is 0 Å². The van der Waals surface area contributed by atoms with E-state index in [2.05, 4.69) is 11.8 Å². The van der Waals surface area contributed by atoms with Gasteiger partial charge in [0, 0.05) is 49.0 Å². The molecule has 0 spiro atoms. The van der Waals surface area contributed by atoms with Gasteiger partial charge < -0.3 is 29.2 Å². The monoisotopic (exact) mass is 493 g/mol. The smallest absolute Gasteiger partial charge is 0.464 e. The van der Waals surface area contributed by atoms with Crippen molar-refractivity contribution >= 4 is 7.85 Å². The van der Waals surface area contributed by atoms with Gasteiger partial charge in [-0.3, -0.25) is 7.05 Å². The van der Waals surface area contributed by atoms with Gasteiger partial charge in [-0.05, 0) is 26.4 Å². The topological polar surface area (TPSA) is 21.7 Å². The molecule has 6 heteroatoms. The molecule has 0 N–H and O–H groups in total. The van der Waals surface area contributed by atoms with Gasteiger partial charge in [-0.2, -0.15) is 0 Å². The predicted octanol–water partition coefficient (Wildman–Crippen LogP) is 2.89. The Balaban J connectivity index is -0.0000000393. The Kier molecular flexibility index (Phi) is 53.2. The van der Waals surface area contributed by atoms with E-state index in [9.17, 15) is 0 Å². The molecule has 0 aromatic heterocycles. The number of hydrogen-bond donors (Lipinski definition) is 0. The van der Waals surface area contributed by atoms with Crippen LogP contribution in [0.1, 0.15) is 19.3 Å². The van der Waals surface area contributed by atoms with Crippen molar-refractivity contribution in [2.45, 2.75) is 25.1 Å². The van der Waals surface area contributed by atoms with E-state index in [1.165, 1.54) is 12.8 Å². The fourth-order valence-electron chi connectivity index (χ4n) is 1.50. The molecule has 3 radical (unpaired) electrons. The second-order valence-corrected chi connectivity index (χ2v) is 4.38. The third-order valence-electron chi connectivity index (χ3n) is 1.98. The Morgan fingerprint density at radius 3 is 1.70 bits per heavy atom. The van der Waals surface area contributed by atoms with Crippen molar-refractivity contribution in [1.29, 1.82) is 0 Å². The van der Waals surface area contributed by atoms with E-state index >= 15 is 0 Å². The minimum atomic E-state index is 0. The largest absolute Gasteiger partial charge is 2.00 e. The van der Waals surface area contributed by atoms with Crippen LogP contribution in [0.3, 0.4) is 0 Å². The number of hydrogen-bond acceptors (Lipinski definition) is 3. The molecule has 20 heavy (non-hydrogen) atoms. The zero-order valence-electron chi connectivity index (χ0n) is 14.4. The predicted molar refractivity (Wildman–Crippen MR) is 83.5 cm³/mol. The van der Waals surface area contributed by atoms with Gasteiger partial charge >= 0.3 is 18.6 Å². The zero-order valence-corrected chi connectivity index (χ0v) is 18.7. The Labute approximate surface area is 156 Å². The molecule has 0 saturated heterocycles. The first-order chi connectivity index (χ1) is 7.47. The van der Waals surface area contributed by atoms with Crippen molar-refractivity contribution in [2.24, 2.45) is 5.92 Å². The Hall–Kier alpha value is 1.22. The van der Waals surface area contributed by atoms with Crippen molar-refractivity contribution in [3.8, 4) is 0 Å². The van der Waals surface area contributed by atoms with Crippen LogP contribution in [-0.2, 0) is 49.1 Å². The molecule has 2 unspecified atom stereocenters. The molecule has 3 nitrogen and oxygen atoms in total. The van der Waals surface area contributed by atoms with E-state index in [-0.39, 0.29) is 54.5 Å². The van der Waals surface area contributed by atoms with E-state index in [1.807, 2.05) is 14.1 Å². The van der Waals surface area contributed by atoms with Gasteiger partial charge in [0.2, 0.25) is 0 Å². The Morgan fingerprint density at radius 1 is 1.15 bits per heavy atom. The van der Waals surface area contributed by atoms with Gasteiger partial charge in [-0.15, -0.1) is 0 Å². The van der Waals surface area contributed by atoms with E-state index in [0.717, 1.165) is 18.9 Å². The molecule has 1 saturated carbocycles. The minimum Gasteiger partial charge on any atom is -0.464 e. The molecular formula is C14H33BNO2VW-. The van der Waals surface area contributed by atoms with E-state index in [4.69, 9.17) is 12.6 Å². The molecule has 1 aliphatic rings. The Bertz CT molecular complexity index is 142. The molecule has 0 amide bonds. The van der Waals surface area contributed by atoms with Crippen LogP contribution >= 0.6 is 0 Å². The van der Waals surface area contributed by atoms with Crippen molar-refractivity contribution in [1.82, 2.24) is 4.90 Å². The van der Waals surface area contributed by atoms with Gasteiger partial charge in [0.15, 0.2) is 0 Å². The van der Waals surface area contributed by atoms with Crippen molar-refractivity contribution in [3.63, 3.8) is 0 Å². The summed E-state index contributed by atoms with van der Waals surface area (Å²) in [5.41, 5.74) is 0. The zero-order chi connectivity index (χ0) is 13.0. The van der Waals surface area contributed by atoms with Crippen molar-refractivity contribution in [3.05, 3.63) is 21.9 Å². The molecule has 0 bridgehead atoms. The van der Waals surface area contributed by atoms with Gasteiger partial charge in [0.05, 0.1) is 7.85 Å². The molecule has 2 atom stereocenters. The fraction of sp³-hybridized carbons (Fsp3) is 0.786. The maximum absolute atomic E-state index is 5.70. The first-order valence-corrected chi connectivity index (χ1v) is 5.60. The summed E-state index contributed by atoms with van der Waals surface area (Å²) in [6.07, 6.45) is 3.61. The SMILES string of the molecule is COC.[B]C1CCC(COC)C1.[CH2-]N(C)C.[CH3-].[CH3-].[V+2].[W]. The van der Waals surface area contributed by atoms with Gasteiger partial charge in [0.1, 0.15) is 0 Å². The average molecular weight is 493 g/mol. The van der Waals surface area contributed by atoms with Crippen molar-refractivity contribution < 1.29 is 49.1 Å². The number of ether oxygens (including phenoxy) is 2. The van der Waals surface area contributed by atoms with Crippen LogP contribution in [0.15, 0.2) is 0 Å². The first-order valence-electron chi connectivity index (χ1n) is 5.60. The van der Waals surface area contributed by atoms with Crippen LogP contribution in [-0.4, -0.2) is 54.8 Å². The molecule has 0 aromatic rings. The molecule has 1 aliphatic carbocycles. The van der Waals surface area contributed by atoms with Crippen LogP contribution < -0.4 is 0 Å². The third kappa shape index (κ3) is 36.5. The summed E-state index contributed by atoms with van der Waals surface area (Å²) in [6.45, 7) is 0.897. The maximum atomic E-state index is 5.70. The molecule has 0 aromatic carbocycles. The average Bonchev–Trinajstić information content (AvgIpc) is 2.52. The van der Waals surface area contributed by atoms with E-state index in [1.54, 1.807) is 26.2 Å². The molecule has 121 valence electrons. The molecule has 0 heterocycles. The van der Waals surface area contributed by atoms with Gasteiger partial charge in [-0.25, -0.2) is 0 Å². The van der Waals surface area contributed by atoms with Crippen LogP contribution in [0, 0.1) is 27.8 Å². The third-order valence-corrected chi connectivity index (χ3v) is 1.98. The quantitative estimate of drug-likeness (QED) is 0.437. The summed E-state index contributed by atoms with van der Waals surface area (Å²) in [5.74, 6) is 1.19. The minimum absolute atomic E-state index is 0. The summed E-state index contributed by atoms with van der Waals surface area (Å²) >= 11 is 0. The summed E-state index contributed by atoms with van der Waals surface area (Å²) in [7, 11) is 18.0. The molecule has 0 aliphatic heterocycles.